The molecular formula is C9H14OSn. The molecule has 0 aliphatic rings. The zero-order chi connectivity index (χ0) is 8.48. The molecule has 0 atom stereocenters. The molecule has 0 saturated heterocycles. The van der Waals surface area contributed by atoms with Crippen LogP contribution in [0.15, 0.2) is 16.7 Å². The van der Waals surface area contributed by atoms with E-state index in [9.17, 15) is 0 Å². The Morgan fingerprint density at radius 1 is 1.36 bits per heavy atom. The predicted molar refractivity (Wildman–Crippen MR) is 48.7 cm³/mol. The summed E-state index contributed by atoms with van der Waals surface area (Å²) in [4.78, 5) is 2.32. The molecule has 0 N–H and O–H groups in total. The zero-order valence-corrected chi connectivity index (χ0v) is 10.4. The maximum absolute atomic E-state index is 5.46. The van der Waals surface area contributed by atoms with Gasteiger partial charge in [0.25, 0.3) is 0 Å². The second kappa shape index (κ2) is 3.21. The van der Waals surface area contributed by atoms with E-state index in [2.05, 4.69) is 31.8 Å². The average molecular weight is 257 g/mol. The third-order valence-corrected chi connectivity index (χ3v) is 4.28. The van der Waals surface area contributed by atoms with Crippen LogP contribution in [-0.4, -0.2) is 21.1 Å². The summed E-state index contributed by atoms with van der Waals surface area (Å²) in [6.45, 7) is 6.60. The van der Waals surface area contributed by atoms with Gasteiger partial charge < -0.3 is 0 Å². The zero-order valence-electron chi connectivity index (χ0n) is 7.56. The Morgan fingerprint density at radius 3 is 2.36 bits per heavy atom. The Morgan fingerprint density at radius 2 is 2.00 bits per heavy atom. The second-order valence-corrected chi connectivity index (χ2v) is 6.63. The van der Waals surface area contributed by atoms with Crippen LogP contribution in [0.1, 0.15) is 26.5 Å². The van der Waals surface area contributed by atoms with Gasteiger partial charge >= 0.3 is 78.4 Å². The van der Waals surface area contributed by atoms with E-state index in [1.54, 1.807) is 0 Å². The predicted octanol–water partition coefficient (Wildman–Crippen LogP) is 1.95. The second-order valence-electron chi connectivity index (χ2n) is 3.66. The van der Waals surface area contributed by atoms with Crippen LogP contribution in [0.5, 0.6) is 0 Å². The summed E-state index contributed by atoms with van der Waals surface area (Å²) >= 11 is -0.322. The summed E-state index contributed by atoms with van der Waals surface area (Å²) < 4.78 is 6.96. The van der Waals surface area contributed by atoms with Gasteiger partial charge in [0, 0.05) is 0 Å². The van der Waals surface area contributed by atoms with E-state index in [4.69, 9.17) is 4.42 Å². The van der Waals surface area contributed by atoms with E-state index in [-0.39, 0.29) is 26.6 Å². The molecule has 11 heavy (non-hydrogen) atoms. The Kier molecular flexibility index (Phi) is 2.68. The molecular weight excluding hydrogens is 243 g/mol. The van der Waals surface area contributed by atoms with Crippen LogP contribution in [-0.2, 0) is 5.41 Å². The minimum atomic E-state index is -0.322. The number of hydrogen-bond donors (Lipinski definition) is 0. The number of hydrogen-bond acceptors (Lipinski definition) is 1. The quantitative estimate of drug-likeness (QED) is 0.701. The Hall–Kier alpha value is 0.0787. The van der Waals surface area contributed by atoms with Gasteiger partial charge in [0.1, 0.15) is 0 Å². The van der Waals surface area contributed by atoms with Crippen molar-refractivity contribution in [1.29, 1.82) is 0 Å². The summed E-state index contributed by atoms with van der Waals surface area (Å²) in [6, 6.07) is 2.13. The van der Waals surface area contributed by atoms with E-state index in [0.29, 0.717) is 0 Å². The molecule has 0 amide bonds. The first-order valence-corrected chi connectivity index (χ1v) is 8.09. The summed E-state index contributed by atoms with van der Waals surface area (Å²) in [7, 11) is 0. The van der Waals surface area contributed by atoms with E-state index in [0.717, 1.165) is 0 Å². The molecule has 0 saturated carbocycles. The van der Waals surface area contributed by atoms with Crippen molar-refractivity contribution in [2.45, 2.75) is 31.1 Å². The normalized spacial score (nSPS) is 12.0. The van der Waals surface area contributed by atoms with Crippen molar-refractivity contribution in [2.75, 3.05) is 0 Å². The summed E-state index contributed by atoms with van der Waals surface area (Å²) in [5.41, 5.74) is 0.190. The van der Waals surface area contributed by atoms with Crippen molar-refractivity contribution in [3.05, 3.63) is 18.1 Å². The molecule has 1 nitrogen and oxygen atoms in total. The van der Waals surface area contributed by atoms with Crippen LogP contribution in [0.3, 0.4) is 0 Å². The van der Waals surface area contributed by atoms with Gasteiger partial charge in [-0.05, 0) is 0 Å². The molecule has 1 heterocycles. The Labute approximate surface area is 78.4 Å². The molecule has 1 aromatic heterocycles. The standard InChI is InChI=1S/C8H11O.CH3.Sn/c1-8(2,3)7-5-4-6-9-7;;/h4,6H,1-3H3;1H3;. The molecule has 0 fully saturated rings. The van der Waals surface area contributed by atoms with E-state index in [1.807, 2.05) is 6.26 Å². The first-order chi connectivity index (χ1) is 5.05. The molecule has 0 aliphatic carbocycles. The molecule has 0 spiro atoms. The van der Waals surface area contributed by atoms with Crippen LogP contribution in [0.25, 0.3) is 0 Å². The third-order valence-electron chi connectivity index (χ3n) is 1.62. The van der Waals surface area contributed by atoms with E-state index < -0.39 is 0 Å². The van der Waals surface area contributed by atoms with Gasteiger partial charge in [0.15, 0.2) is 0 Å². The van der Waals surface area contributed by atoms with Gasteiger partial charge in [-0.25, -0.2) is 0 Å². The van der Waals surface area contributed by atoms with Gasteiger partial charge in [0.05, 0.1) is 0 Å². The first kappa shape index (κ1) is 9.17. The van der Waals surface area contributed by atoms with E-state index in [1.165, 1.54) is 9.34 Å². The van der Waals surface area contributed by atoms with Crippen LogP contribution in [0.4, 0.5) is 0 Å². The molecule has 1 rings (SSSR count). The van der Waals surface area contributed by atoms with Gasteiger partial charge in [-0.2, -0.15) is 0 Å². The fraction of sp³-hybridized carbons (Fsp3) is 0.556. The average Bonchev–Trinajstić information content (AvgIpc) is 2.31. The summed E-state index contributed by atoms with van der Waals surface area (Å²) in [5, 5.41) is 0. The van der Waals surface area contributed by atoms with Crippen molar-refractivity contribution < 1.29 is 4.42 Å². The summed E-state index contributed by atoms with van der Waals surface area (Å²) in [6.07, 6.45) is 1.82. The fourth-order valence-corrected chi connectivity index (χ4v) is 3.64. The molecule has 0 bridgehead atoms. The van der Waals surface area contributed by atoms with Crippen molar-refractivity contribution in [2.24, 2.45) is 0 Å². The minimum absolute atomic E-state index is 0.190. The molecule has 0 aliphatic heterocycles. The van der Waals surface area contributed by atoms with Gasteiger partial charge in [0.2, 0.25) is 0 Å². The summed E-state index contributed by atoms with van der Waals surface area (Å²) in [5.74, 6) is 1.20. The molecule has 2 heteroatoms. The van der Waals surface area contributed by atoms with Gasteiger partial charge in [-0.15, -0.1) is 0 Å². The first-order valence-electron chi connectivity index (χ1n) is 3.81. The molecule has 2 radical (unpaired) electrons. The van der Waals surface area contributed by atoms with Crippen molar-refractivity contribution in [3.8, 4) is 0 Å². The van der Waals surface area contributed by atoms with Gasteiger partial charge in [-0.3, -0.25) is 0 Å². The van der Waals surface area contributed by atoms with Gasteiger partial charge in [-0.1, -0.05) is 0 Å². The number of furan rings is 1. The van der Waals surface area contributed by atoms with Crippen LogP contribution in [0, 0.1) is 0 Å². The molecule has 0 aromatic carbocycles. The SMILES string of the molecule is [CH3][Sn][c]1ccoc1C(C)(C)C. The maximum atomic E-state index is 5.46. The molecule has 60 valence electrons. The Bertz CT molecular complexity index is 232. The fourth-order valence-electron chi connectivity index (χ4n) is 1.09. The van der Waals surface area contributed by atoms with Crippen molar-refractivity contribution >= 4 is 24.7 Å². The molecule has 0 unspecified atom stereocenters. The third kappa shape index (κ3) is 2.01. The van der Waals surface area contributed by atoms with Crippen molar-refractivity contribution in [3.63, 3.8) is 0 Å². The molecule has 1 aromatic rings. The van der Waals surface area contributed by atoms with Crippen LogP contribution in [0.2, 0.25) is 4.94 Å². The van der Waals surface area contributed by atoms with Crippen LogP contribution >= 0.6 is 0 Å². The Balaban J connectivity index is 3.02. The van der Waals surface area contributed by atoms with Crippen molar-refractivity contribution in [1.82, 2.24) is 0 Å². The topological polar surface area (TPSA) is 13.1 Å². The monoisotopic (exact) mass is 258 g/mol. The van der Waals surface area contributed by atoms with E-state index >= 15 is 0 Å². The number of rotatable bonds is 1. The van der Waals surface area contributed by atoms with Crippen LogP contribution < -0.4 is 3.58 Å².